The maximum atomic E-state index is 13.3. The quantitative estimate of drug-likeness (QED) is 0.255. The van der Waals surface area contributed by atoms with Gasteiger partial charge in [0, 0.05) is 30.2 Å². The summed E-state index contributed by atoms with van der Waals surface area (Å²) in [5.74, 6) is -0.152. The zero-order chi connectivity index (χ0) is 26.7. The lowest BCUT2D eigenvalue weighted by Crippen LogP contribution is -2.34. The predicted molar refractivity (Wildman–Crippen MR) is 154 cm³/mol. The normalized spacial score (nSPS) is 10.5. The molecule has 0 bridgehead atoms. The molecule has 0 radical (unpaired) electrons. The Bertz CT molecular complexity index is 1320. The molecular weight excluding hydrogens is 474 g/mol. The van der Waals surface area contributed by atoms with E-state index in [9.17, 15) is 9.59 Å². The highest BCUT2D eigenvalue weighted by atomic mass is 16.5. The van der Waals surface area contributed by atoms with Crippen LogP contribution < -0.4 is 19.9 Å². The number of nitrogens with one attached hydrogen (secondary N) is 1. The van der Waals surface area contributed by atoms with E-state index in [-0.39, 0.29) is 18.4 Å². The Morgan fingerprint density at radius 1 is 0.711 bits per heavy atom. The maximum Gasteiger partial charge on any atom is 0.265 e. The van der Waals surface area contributed by atoms with Crippen LogP contribution in [0.15, 0.2) is 109 Å². The average Bonchev–Trinajstić information content (AvgIpc) is 2.97. The third-order valence-electron chi connectivity index (χ3n) is 6.29. The number of benzene rings is 4. The molecule has 38 heavy (non-hydrogen) atoms. The lowest BCUT2D eigenvalue weighted by Gasteiger charge is -2.23. The molecule has 6 nitrogen and oxygen atoms in total. The van der Waals surface area contributed by atoms with Crippen LogP contribution in [-0.4, -0.2) is 31.5 Å². The minimum atomic E-state index is -0.298. The third kappa shape index (κ3) is 6.79. The van der Waals surface area contributed by atoms with Crippen molar-refractivity contribution in [2.24, 2.45) is 0 Å². The van der Waals surface area contributed by atoms with Crippen molar-refractivity contribution < 1.29 is 14.3 Å². The molecule has 1 N–H and O–H groups in total. The fourth-order valence-corrected chi connectivity index (χ4v) is 4.24. The molecule has 0 saturated carbocycles. The smallest absolute Gasteiger partial charge is 0.265 e. The second-order valence-corrected chi connectivity index (χ2v) is 8.76. The van der Waals surface area contributed by atoms with E-state index in [4.69, 9.17) is 4.74 Å². The van der Waals surface area contributed by atoms with E-state index >= 15 is 0 Å². The van der Waals surface area contributed by atoms with Gasteiger partial charge < -0.3 is 19.9 Å². The second kappa shape index (κ2) is 13.1. The number of carbonyl (C=O) groups excluding carboxylic acids is 2. The molecule has 0 aromatic heterocycles. The molecule has 0 aliphatic rings. The van der Waals surface area contributed by atoms with Gasteiger partial charge in [-0.25, -0.2) is 0 Å². The summed E-state index contributed by atoms with van der Waals surface area (Å²) < 4.78 is 5.92. The Morgan fingerprint density at radius 2 is 1.32 bits per heavy atom. The summed E-state index contributed by atoms with van der Waals surface area (Å²) in [7, 11) is 0. The van der Waals surface area contributed by atoms with Crippen LogP contribution in [0.5, 0.6) is 5.75 Å². The molecule has 4 aromatic rings. The molecule has 6 heteroatoms. The van der Waals surface area contributed by atoms with Gasteiger partial charge in [-0.1, -0.05) is 60.7 Å². The Morgan fingerprint density at radius 3 is 1.97 bits per heavy atom. The first-order valence-corrected chi connectivity index (χ1v) is 12.9. The van der Waals surface area contributed by atoms with Crippen LogP contribution in [0.3, 0.4) is 0 Å². The van der Waals surface area contributed by atoms with E-state index in [1.165, 1.54) is 0 Å². The number of para-hydroxylation sites is 2. The molecule has 0 heterocycles. The number of nitrogens with zero attached hydrogens (tertiary/aromatic N) is 2. The van der Waals surface area contributed by atoms with Gasteiger partial charge >= 0.3 is 0 Å². The largest absolute Gasteiger partial charge is 0.483 e. The fraction of sp³-hybridized carbons (Fsp3) is 0.188. The minimum Gasteiger partial charge on any atom is -0.483 e. The summed E-state index contributed by atoms with van der Waals surface area (Å²) in [6.45, 7) is 6.27. The van der Waals surface area contributed by atoms with Crippen LogP contribution >= 0.6 is 0 Å². The Hall–Kier alpha value is -4.58. The first-order chi connectivity index (χ1) is 18.6. The number of anilines is 3. The molecule has 4 rings (SSSR count). The predicted octanol–water partition coefficient (Wildman–Crippen LogP) is 6.40. The van der Waals surface area contributed by atoms with Crippen LogP contribution in [0.4, 0.5) is 17.1 Å². The van der Waals surface area contributed by atoms with Crippen molar-refractivity contribution in [3.8, 4) is 5.75 Å². The summed E-state index contributed by atoms with van der Waals surface area (Å²) in [6.07, 6.45) is 0. The zero-order valence-corrected chi connectivity index (χ0v) is 21.8. The number of hydrogen-bond donors (Lipinski definition) is 1. The SMILES string of the molecule is CCN(CC)c1ccc(NC(=O)c2ccccc2OCC(=O)N(Cc2ccccc2)c2ccccc2)cc1. The number of rotatable bonds is 11. The molecule has 0 aliphatic carbocycles. The van der Waals surface area contributed by atoms with Gasteiger partial charge in [-0.05, 0) is 67.9 Å². The van der Waals surface area contributed by atoms with Crippen LogP contribution in [0.1, 0.15) is 29.8 Å². The first-order valence-electron chi connectivity index (χ1n) is 12.9. The Balaban J connectivity index is 1.45. The fourth-order valence-electron chi connectivity index (χ4n) is 4.24. The van der Waals surface area contributed by atoms with Crippen molar-refractivity contribution in [3.63, 3.8) is 0 Å². The Labute approximate surface area is 224 Å². The van der Waals surface area contributed by atoms with Crippen LogP contribution in [-0.2, 0) is 11.3 Å². The van der Waals surface area contributed by atoms with Gasteiger partial charge in [0.1, 0.15) is 5.75 Å². The van der Waals surface area contributed by atoms with Crippen molar-refractivity contribution in [1.29, 1.82) is 0 Å². The molecule has 0 spiro atoms. The van der Waals surface area contributed by atoms with E-state index in [2.05, 4.69) is 24.1 Å². The molecule has 4 aromatic carbocycles. The highest BCUT2D eigenvalue weighted by Gasteiger charge is 2.19. The molecule has 0 saturated heterocycles. The molecule has 2 amide bonds. The van der Waals surface area contributed by atoms with Crippen molar-refractivity contribution in [2.75, 3.05) is 34.8 Å². The number of amides is 2. The van der Waals surface area contributed by atoms with Crippen molar-refractivity contribution in [2.45, 2.75) is 20.4 Å². The highest BCUT2D eigenvalue weighted by Crippen LogP contribution is 2.23. The van der Waals surface area contributed by atoms with Gasteiger partial charge in [0.25, 0.3) is 11.8 Å². The van der Waals surface area contributed by atoms with Crippen LogP contribution in [0.25, 0.3) is 0 Å². The molecule has 194 valence electrons. The summed E-state index contributed by atoms with van der Waals surface area (Å²) in [6, 6.07) is 34.0. The monoisotopic (exact) mass is 507 g/mol. The van der Waals surface area contributed by atoms with Crippen LogP contribution in [0, 0.1) is 0 Å². The average molecular weight is 508 g/mol. The van der Waals surface area contributed by atoms with Gasteiger partial charge in [0.2, 0.25) is 0 Å². The van der Waals surface area contributed by atoms with Gasteiger partial charge in [-0.2, -0.15) is 0 Å². The van der Waals surface area contributed by atoms with E-state index in [0.717, 1.165) is 30.0 Å². The lowest BCUT2D eigenvalue weighted by molar-refractivity contribution is -0.120. The summed E-state index contributed by atoms with van der Waals surface area (Å²) in [5.41, 5.74) is 3.95. The standard InChI is InChI=1S/C32H33N3O3/c1-3-34(4-2)27-21-19-26(20-22-27)33-32(37)29-17-11-12-18-30(29)38-24-31(36)35(28-15-9-6-10-16-28)23-25-13-7-5-8-14-25/h5-22H,3-4,23-24H2,1-2H3,(H,33,37). The molecular formula is C32H33N3O3. The van der Waals surface area contributed by atoms with Gasteiger partial charge in [0.15, 0.2) is 6.61 Å². The minimum absolute atomic E-state index is 0.204. The topological polar surface area (TPSA) is 61.9 Å². The zero-order valence-electron chi connectivity index (χ0n) is 21.8. The van der Waals surface area contributed by atoms with Gasteiger partial charge in [0.05, 0.1) is 12.1 Å². The number of carbonyl (C=O) groups is 2. The highest BCUT2D eigenvalue weighted by molar-refractivity contribution is 6.06. The third-order valence-corrected chi connectivity index (χ3v) is 6.29. The van der Waals surface area contributed by atoms with Gasteiger partial charge in [-0.3, -0.25) is 9.59 Å². The maximum absolute atomic E-state index is 13.3. The Kier molecular flexibility index (Phi) is 9.13. The lowest BCUT2D eigenvalue weighted by atomic mass is 10.1. The van der Waals surface area contributed by atoms with E-state index in [1.807, 2.05) is 84.9 Å². The van der Waals surface area contributed by atoms with E-state index < -0.39 is 0 Å². The number of ether oxygens (including phenoxy) is 1. The molecule has 0 aliphatic heterocycles. The summed E-state index contributed by atoms with van der Waals surface area (Å²) in [5, 5.41) is 2.94. The van der Waals surface area contributed by atoms with Crippen molar-refractivity contribution in [3.05, 3.63) is 120 Å². The summed E-state index contributed by atoms with van der Waals surface area (Å²) in [4.78, 5) is 30.4. The van der Waals surface area contributed by atoms with Gasteiger partial charge in [-0.15, -0.1) is 0 Å². The van der Waals surface area contributed by atoms with E-state index in [1.54, 1.807) is 29.2 Å². The molecule has 0 atom stereocenters. The summed E-state index contributed by atoms with van der Waals surface area (Å²) >= 11 is 0. The van der Waals surface area contributed by atoms with Crippen molar-refractivity contribution in [1.82, 2.24) is 0 Å². The van der Waals surface area contributed by atoms with Crippen molar-refractivity contribution >= 4 is 28.9 Å². The van der Waals surface area contributed by atoms with Crippen LogP contribution in [0.2, 0.25) is 0 Å². The van der Waals surface area contributed by atoms with E-state index in [0.29, 0.717) is 23.5 Å². The first kappa shape index (κ1) is 26.5. The molecule has 0 fully saturated rings. The molecule has 0 unspecified atom stereocenters. The second-order valence-electron chi connectivity index (χ2n) is 8.76. The number of hydrogen-bond acceptors (Lipinski definition) is 4.